The van der Waals surface area contributed by atoms with Crippen LogP contribution in [0.3, 0.4) is 0 Å². The van der Waals surface area contributed by atoms with E-state index in [1.54, 1.807) is 23.1 Å². The molecule has 1 unspecified atom stereocenters. The molecule has 1 atom stereocenters. The van der Waals surface area contributed by atoms with E-state index in [-0.39, 0.29) is 18.4 Å². The minimum Gasteiger partial charge on any atom is -0.408 e. The van der Waals surface area contributed by atoms with Gasteiger partial charge >= 0.3 is 5.76 Å². The molecule has 0 N–H and O–H groups in total. The Morgan fingerprint density at radius 1 is 1.25 bits per heavy atom. The van der Waals surface area contributed by atoms with E-state index in [9.17, 15) is 9.59 Å². The summed E-state index contributed by atoms with van der Waals surface area (Å²) in [4.78, 5) is 32.0. The average molecular weight is 396 g/mol. The fourth-order valence-corrected chi connectivity index (χ4v) is 4.14. The molecule has 28 heavy (non-hydrogen) atoms. The van der Waals surface area contributed by atoms with E-state index in [0.717, 1.165) is 11.3 Å². The standard InChI is InChI=1S/C19H16N4O4S/c24-16(11-23-13-4-1-2-5-14(13)26-19(23)25)22-8-7-12(10-22)17-20-18(27-21-17)15-6-3-9-28-15/h1-6,9,12H,7-8,10-11H2. The number of amides is 1. The van der Waals surface area contributed by atoms with Gasteiger partial charge in [-0.15, -0.1) is 11.3 Å². The van der Waals surface area contributed by atoms with Crippen LogP contribution in [0.1, 0.15) is 18.2 Å². The molecule has 9 heteroatoms. The van der Waals surface area contributed by atoms with Crippen LogP contribution in [0.5, 0.6) is 0 Å². The van der Waals surface area contributed by atoms with E-state index >= 15 is 0 Å². The largest absolute Gasteiger partial charge is 0.420 e. The number of rotatable bonds is 4. The molecule has 0 spiro atoms. The van der Waals surface area contributed by atoms with Crippen LogP contribution in [0, 0.1) is 0 Å². The Balaban J connectivity index is 1.30. The number of hydrogen-bond acceptors (Lipinski definition) is 7. The van der Waals surface area contributed by atoms with Crippen molar-refractivity contribution in [2.45, 2.75) is 18.9 Å². The lowest BCUT2D eigenvalue weighted by atomic mass is 10.1. The molecule has 1 saturated heterocycles. The van der Waals surface area contributed by atoms with Gasteiger partial charge in [0.25, 0.3) is 5.89 Å². The molecule has 5 rings (SSSR count). The van der Waals surface area contributed by atoms with Gasteiger partial charge in [0.05, 0.1) is 10.4 Å². The molecule has 1 aliphatic heterocycles. The maximum Gasteiger partial charge on any atom is 0.420 e. The molecular weight excluding hydrogens is 380 g/mol. The number of oxazole rings is 1. The quantitative estimate of drug-likeness (QED) is 0.526. The summed E-state index contributed by atoms with van der Waals surface area (Å²) in [5, 5.41) is 6.05. The summed E-state index contributed by atoms with van der Waals surface area (Å²) in [6, 6.07) is 10.9. The monoisotopic (exact) mass is 396 g/mol. The van der Waals surface area contributed by atoms with Crippen LogP contribution in [0.4, 0.5) is 0 Å². The van der Waals surface area contributed by atoms with Gasteiger partial charge in [0.1, 0.15) is 6.54 Å². The lowest BCUT2D eigenvalue weighted by Crippen LogP contribution is -2.34. The Kier molecular flexibility index (Phi) is 4.09. The van der Waals surface area contributed by atoms with Crippen molar-refractivity contribution in [3.8, 4) is 10.8 Å². The first kappa shape index (κ1) is 16.9. The maximum absolute atomic E-state index is 12.7. The Labute approximate surface area is 163 Å². The van der Waals surface area contributed by atoms with E-state index in [2.05, 4.69) is 10.1 Å². The highest BCUT2D eigenvalue weighted by molar-refractivity contribution is 7.13. The molecule has 1 aromatic carbocycles. The van der Waals surface area contributed by atoms with Gasteiger partial charge in [-0.2, -0.15) is 4.98 Å². The van der Waals surface area contributed by atoms with Crippen molar-refractivity contribution in [3.63, 3.8) is 0 Å². The first-order valence-electron chi connectivity index (χ1n) is 8.92. The highest BCUT2D eigenvalue weighted by atomic mass is 32.1. The van der Waals surface area contributed by atoms with Crippen molar-refractivity contribution in [1.82, 2.24) is 19.6 Å². The van der Waals surface area contributed by atoms with E-state index in [1.165, 1.54) is 15.9 Å². The number of fused-ring (bicyclic) bond motifs is 1. The molecule has 0 bridgehead atoms. The molecule has 3 aromatic heterocycles. The Morgan fingerprint density at radius 3 is 3.00 bits per heavy atom. The Bertz CT molecular complexity index is 1190. The summed E-state index contributed by atoms with van der Waals surface area (Å²) in [7, 11) is 0. The number of aromatic nitrogens is 3. The smallest absolute Gasteiger partial charge is 0.408 e. The number of hydrogen-bond donors (Lipinski definition) is 0. The highest BCUT2D eigenvalue weighted by Crippen LogP contribution is 2.29. The van der Waals surface area contributed by atoms with Crippen molar-refractivity contribution in [2.24, 2.45) is 0 Å². The van der Waals surface area contributed by atoms with Gasteiger partial charge in [0.2, 0.25) is 5.91 Å². The van der Waals surface area contributed by atoms with Crippen LogP contribution >= 0.6 is 11.3 Å². The van der Waals surface area contributed by atoms with E-state index in [1.807, 2.05) is 23.6 Å². The second-order valence-corrected chi connectivity index (χ2v) is 7.63. The minimum atomic E-state index is -0.524. The molecule has 8 nitrogen and oxygen atoms in total. The van der Waals surface area contributed by atoms with Crippen LogP contribution in [-0.4, -0.2) is 38.6 Å². The summed E-state index contributed by atoms with van der Waals surface area (Å²) < 4.78 is 11.9. The fourth-order valence-electron chi connectivity index (χ4n) is 3.50. The maximum atomic E-state index is 12.7. The van der Waals surface area contributed by atoms with Crippen molar-refractivity contribution < 1.29 is 13.7 Å². The normalized spacial score (nSPS) is 16.9. The van der Waals surface area contributed by atoms with Crippen LogP contribution in [-0.2, 0) is 11.3 Å². The molecular formula is C19H16N4O4S. The van der Waals surface area contributed by atoms with Crippen molar-refractivity contribution in [3.05, 3.63) is 58.2 Å². The molecule has 0 aliphatic carbocycles. The Hall–Kier alpha value is -3.20. The number of para-hydroxylation sites is 2. The number of carbonyl (C=O) groups is 1. The first-order valence-corrected chi connectivity index (χ1v) is 9.80. The Morgan fingerprint density at radius 2 is 2.14 bits per heavy atom. The molecule has 4 heterocycles. The summed E-state index contributed by atoms with van der Waals surface area (Å²) in [5.41, 5.74) is 1.10. The van der Waals surface area contributed by atoms with Gasteiger partial charge in [0, 0.05) is 19.0 Å². The summed E-state index contributed by atoms with van der Waals surface area (Å²) in [6.45, 7) is 1.05. The van der Waals surface area contributed by atoms with Crippen LogP contribution in [0.15, 0.2) is 55.5 Å². The molecule has 1 amide bonds. The van der Waals surface area contributed by atoms with Crippen LogP contribution in [0.2, 0.25) is 0 Å². The van der Waals surface area contributed by atoms with Crippen molar-refractivity contribution >= 4 is 28.3 Å². The molecule has 1 fully saturated rings. The van der Waals surface area contributed by atoms with Gasteiger partial charge in [-0.1, -0.05) is 23.4 Å². The second kappa shape index (κ2) is 6.75. The summed E-state index contributed by atoms with van der Waals surface area (Å²) in [6.07, 6.45) is 0.760. The van der Waals surface area contributed by atoms with Gasteiger partial charge in [-0.25, -0.2) is 4.79 Å². The molecule has 1 aliphatic rings. The van der Waals surface area contributed by atoms with Crippen molar-refractivity contribution in [1.29, 1.82) is 0 Å². The van der Waals surface area contributed by atoms with Crippen LogP contribution in [0.25, 0.3) is 21.9 Å². The zero-order chi connectivity index (χ0) is 19.1. The fraction of sp³-hybridized carbons (Fsp3) is 0.263. The first-order chi connectivity index (χ1) is 13.7. The van der Waals surface area contributed by atoms with E-state index in [4.69, 9.17) is 8.94 Å². The zero-order valence-electron chi connectivity index (χ0n) is 14.8. The number of benzene rings is 1. The average Bonchev–Trinajstić information content (AvgIpc) is 3.48. The van der Waals surface area contributed by atoms with Gasteiger partial charge < -0.3 is 13.8 Å². The lowest BCUT2D eigenvalue weighted by molar-refractivity contribution is -0.130. The van der Waals surface area contributed by atoms with E-state index in [0.29, 0.717) is 35.9 Å². The molecule has 0 saturated carbocycles. The lowest BCUT2D eigenvalue weighted by Gasteiger charge is -2.15. The van der Waals surface area contributed by atoms with Gasteiger partial charge in [0.15, 0.2) is 11.4 Å². The number of likely N-dealkylation sites (tertiary alicyclic amines) is 1. The third-order valence-electron chi connectivity index (χ3n) is 4.95. The predicted molar refractivity (Wildman–Crippen MR) is 102 cm³/mol. The molecule has 4 aromatic rings. The SMILES string of the molecule is O=C(Cn1c(=O)oc2ccccc21)N1CCC(c2noc(-c3cccs3)n2)C1. The third-order valence-corrected chi connectivity index (χ3v) is 5.80. The third kappa shape index (κ3) is 2.93. The number of carbonyl (C=O) groups excluding carboxylic acids is 1. The van der Waals surface area contributed by atoms with Crippen molar-refractivity contribution in [2.75, 3.05) is 13.1 Å². The molecule has 142 valence electrons. The minimum absolute atomic E-state index is 0.0271. The number of nitrogens with zero attached hydrogens (tertiary/aromatic N) is 4. The number of thiophene rings is 1. The summed E-state index contributed by atoms with van der Waals surface area (Å²) in [5.74, 6) is 0.497. The molecule has 0 radical (unpaired) electrons. The second-order valence-electron chi connectivity index (χ2n) is 6.68. The zero-order valence-corrected chi connectivity index (χ0v) is 15.6. The van der Waals surface area contributed by atoms with E-state index < -0.39 is 5.76 Å². The van der Waals surface area contributed by atoms with Gasteiger partial charge in [-0.05, 0) is 30.0 Å². The summed E-state index contributed by atoms with van der Waals surface area (Å²) >= 11 is 1.54. The topological polar surface area (TPSA) is 94.4 Å². The highest BCUT2D eigenvalue weighted by Gasteiger charge is 2.31. The van der Waals surface area contributed by atoms with Crippen LogP contribution < -0.4 is 5.76 Å². The predicted octanol–water partition coefficient (Wildman–Crippen LogP) is 2.72. The van der Waals surface area contributed by atoms with Gasteiger partial charge in [-0.3, -0.25) is 9.36 Å².